The molecule has 4 nitrogen and oxygen atoms in total. The third-order valence-corrected chi connectivity index (χ3v) is 3.07. The fraction of sp³-hybridized carbons (Fsp3) is 0.438. The van der Waals surface area contributed by atoms with Gasteiger partial charge in [0.1, 0.15) is 0 Å². The minimum atomic E-state index is -0.932. The Hall–Kier alpha value is -1.81. The van der Waals surface area contributed by atoms with Crippen LogP contribution in [0.25, 0.3) is 6.08 Å². The molecule has 0 aliphatic rings. The fourth-order valence-electron chi connectivity index (χ4n) is 2.07. The molecule has 0 atom stereocenters. The first-order valence-corrected chi connectivity index (χ1v) is 6.92. The number of aryl methyl sites for hydroxylation is 1. The minimum Gasteiger partial charge on any atom is -0.478 e. The zero-order valence-electron chi connectivity index (χ0n) is 12.4. The molecule has 0 aromatic heterocycles. The Balaban J connectivity index is 2.82. The molecule has 20 heavy (non-hydrogen) atoms. The van der Waals surface area contributed by atoms with Gasteiger partial charge in [0.05, 0.1) is 6.61 Å². The van der Waals surface area contributed by atoms with Crippen molar-refractivity contribution in [1.82, 2.24) is 0 Å². The Labute approximate surface area is 120 Å². The molecule has 0 amide bonds. The molecule has 1 rings (SSSR count). The van der Waals surface area contributed by atoms with Gasteiger partial charge in [-0.3, -0.25) is 0 Å². The minimum absolute atomic E-state index is 0.713. The summed E-state index contributed by atoms with van der Waals surface area (Å²) in [6, 6.07) is 5.97. The first-order valence-electron chi connectivity index (χ1n) is 6.92. The SMILES string of the molecule is CCOCCN(CC)c1ccc(C=CC(=O)O)cc1C. The van der Waals surface area contributed by atoms with Crippen LogP contribution < -0.4 is 4.90 Å². The lowest BCUT2D eigenvalue weighted by molar-refractivity contribution is -0.131. The van der Waals surface area contributed by atoms with E-state index in [9.17, 15) is 4.79 Å². The van der Waals surface area contributed by atoms with E-state index in [-0.39, 0.29) is 0 Å². The Morgan fingerprint density at radius 1 is 1.40 bits per heavy atom. The quantitative estimate of drug-likeness (QED) is 0.586. The van der Waals surface area contributed by atoms with E-state index in [4.69, 9.17) is 9.84 Å². The van der Waals surface area contributed by atoms with Crippen LogP contribution in [0, 0.1) is 6.92 Å². The molecule has 0 aliphatic carbocycles. The summed E-state index contributed by atoms with van der Waals surface area (Å²) in [5, 5.41) is 8.64. The molecule has 110 valence electrons. The molecule has 0 spiro atoms. The van der Waals surface area contributed by atoms with E-state index in [0.29, 0.717) is 6.61 Å². The first kappa shape index (κ1) is 16.2. The fourth-order valence-corrected chi connectivity index (χ4v) is 2.07. The summed E-state index contributed by atoms with van der Waals surface area (Å²) >= 11 is 0. The monoisotopic (exact) mass is 277 g/mol. The summed E-state index contributed by atoms with van der Waals surface area (Å²) in [6.45, 7) is 9.36. The average molecular weight is 277 g/mol. The lowest BCUT2D eigenvalue weighted by Gasteiger charge is -2.25. The topological polar surface area (TPSA) is 49.8 Å². The molecule has 0 heterocycles. The number of carboxylic acid groups (broad SMARTS) is 1. The van der Waals surface area contributed by atoms with Crippen molar-refractivity contribution in [3.8, 4) is 0 Å². The van der Waals surface area contributed by atoms with Gasteiger partial charge in [-0.15, -0.1) is 0 Å². The number of nitrogens with zero attached hydrogens (tertiary/aromatic N) is 1. The lowest BCUT2D eigenvalue weighted by atomic mass is 10.1. The molecule has 0 bridgehead atoms. The number of likely N-dealkylation sites (N-methyl/N-ethyl adjacent to an activating group) is 1. The van der Waals surface area contributed by atoms with Gasteiger partial charge in [0.2, 0.25) is 0 Å². The number of carbonyl (C=O) groups is 1. The summed E-state index contributed by atoms with van der Waals surface area (Å²) in [5.74, 6) is -0.932. The summed E-state index contributed by atoms with van der Waals surface area (Å²) in [5.41, 5.74) is 3.20. The summed E-state index contributed by atoms with van der Waals surface area (Å²) in [4.78, 5) is 12.8. The number of hydrogen-bond donors (Lipinski definition) is 1. The third-order valence-electron chi connectivity index (χ3n) is 3.07. The lowest BCUT2D eigenvalue weighted by Crippen LogP contribution is -2.27. The van der Waals surface area contributed by atoms with E-state index < -0.39 is 5.97 Å². The molecule has 0 fully saturated rings. The molecule has 0 saturated heterocycles. The van der Waals surface area contributed by atoms with Crippen molar-refractivity contribution in [2.24, 2.45) is 0 Å². The van der Waals surface area contributed by atoms with Crippen LogP contribution in [0.3, 0.4) is 0 Å². The predicted octanol–water partition coefficient (Wildman–Crippen LogP) is 2.96. The van der Waals surface area contributed by atoms with Gasteiger partial charge >= 0.3 is 5.97 Å². The predicted molar refractivity (Wildman–Crippen MR) is 82.2 cm³/mol. The smallest absolute Gasteiger partial charge is 0.328 e. The number of anilines is 1. The highest BCUT2D eigenvalue weighted by molar-refractivity contribution is 5.85. The molecule has 4 heteroatoms. The maximum absolute atomic E-state index is 10.5. The Kier molecular flexibility index (Phi) is 6.81. The van der Waals surface area contributed by atoms with E-state index in [1.165, 1.54) is 5.69 Å². The second-order valence-corrected chi connectivity index (χ2v) is 4.49. The standard InChI is InChI=1S/C16H23NO3/c1-4-17(10-11-20-5-2)15-8-6-14(12-13(15)3)7-9-16(18)19/h6-9,12H,4-5,10-11H2,1-3H3,(H,18,19). The van der Waals surface area contributed by atoms with Crippen LogP contribution in [0.2, 0.25) is 0 Å². The van der Waals surface area contributed by atoms with Crippen LogP contribution in [-0.4, -0.2) is 37.4 Å². The molecule has 1 N–H and O–H groups in total. The van der Waals surface area contributed by atoms with E-state index in [2.05, 4.69) is 11.8 Å². The van der Waals surface area contributed by atoms with Crippen molar-refractivity contribution in [2.45, 2.75) is 20.8 Å². The summed E-state index contributed by atoms with van der Waals surface area (Å²) in [6.07, 6.45) is 2.76. The number of aliphatic carboxylic acids is 1. The summed E-state index contributed by atoms with van der Waals surface area (Å²) < 4.78 is 5.40. The number of benzene rings is 1. The Morgan fingerprint density at radius 3 is 2.70 bits per heavy atom. The largest absolute Gasteiger partial charge is 0.478 e. The molecular weight excluding hydrogens is 254 g/mol. The average Bonchev–Trinajstić information content (AvgIpc) is 2.42. The van der Waals surface area contributed by atoms with Crippen LogP contribution in [0.1, 0.15) is 25.0 Å². The van der Waals surface area contributed by atoms with E-state index >= 15 is 0 Å². The highest BCUT2D eigenvalue weighted by atomic mass is 16.5. The van der Waals surface area contributed by atoms with Crippen molar-refractivity contribution in [1.29, 1.82) is 0 Å². The zero-order valence-corrected chi connectivity index (χ0v) is 12.4. The molecule has 1 aromatic carbocycles. The van der Waals surface area contributed by atoms with E-state index in [1.54, 1.807) is 6.08 Å². The Morgan fingerprint density at radius 2 is 2.15 bits per heavy atom. The second-order valence-electron chi connectivity index (χ2n) is 4.49. The van der Waals surface area contributed by atoms with E-state index in [0.717, 1.165) is 36.9 Å². The highest BCUT2D eigenvalue weighted by Gasteiger charge is 2.07. The molecule has 0 aliphatic heterocycles. The first-order chi connectivity index (χ1) is 9.58. The van der Waals surface area contributed by atoms with Gasteiger partial charge in [-0.1, -0.05) is 6.07 Å². The van der Waals surface area contributed by atoms with Crippen molar-refractivity contribution in [3.63, 3.8) is 0 Å². The number of ether oxygens (including phenoxy) is 1. The van der Waals surface area contributed by atoms with Gasteiger partial charge in [0.15, 0.2) is 0 Å². The van der Waals surface area contributed by atoms with Crippen molar-refractivity contribution in [2.75, 3.05) is 31.2 Å². The number of rotatable bonds is 8. The molecule has 1 aromatic rings. The Bertz CT molecular complexity index is 469. The van der Waals surface area contributed by atoms with Crippen molar-refractivity contribution < 1.29 is 14.6 Å². The van der Waals surface area contributed by atoms with Crippen LogP contribution >= 0.6 is 0 Å². The number of carboxylic acids is 1. The van der Waals surface area contributed by atoms with Crippen LogP contribution in [-0.2, 0) is 9.53 Å². The van der Waals surface area contributed by atoms with Crippen molar-refractivity contribution >= 4 is 17.7 Å². The van der Waals surface area contributed by atoms with Gasteiger partial charge in [-0.05, 0) is 50.1 Å². The maximum atomic E-state index is 10.5. The third kappa shape index (κ3) is 5.05. The van der Waals surface area contributed by atoms with Gasteiger partial charge in [-0.2, -0.15) is 0 Å². The summed E-state index contributed by atoms with van der Waals surface area (Å²) in [7, 11) is 0. The molecule has 0 saturated carbocycles. The van der Waals surface area contributed by atoms with Crippen LogP contribution in [0.4, 0.5) is 5.69 Å². The second kappa shape index (κ2) is 8.38. The van der Waals surface area contributed by atoms with Gasteiger partial charge in [-0.25, -0.2) is 4.79 Å². The van der Waals surface area contributed by atoms with E-state index in [1.807, 2.05) is 32.0 Å². The number of hydrogen-bond acceptors (Lipinski definition) is 3. The van der Waals surface area contributed by atoms with Gasteiger partial charge < -0.3 is 14.7 Å². The van der Waals surface area contributed by atoms with Crippen LogP contribution in [0.15, 0.2) is 24.3 Å². The van der Waals surface area contributed by atoms with Crippen LogP contribution in [0.5, 0.6) is 0 Å². The molecular formula is C16H23NO3. The van der Waals surface area contributed by atoms with Gasteiger partial charge in [0, 0.05) is 31.5 Å². The zero-order chi connectivity index (χ0) is 15.0. The normalized spacial score (nSPS) is 10.9. The van der Waals surface area contributed by atoms with Crippen molar-refractivity contribution in [3.05, 3.63) is 35.4 Å². The maximum Gasteiger partial charge on any atom is 0.328 e. The molecule has 0 unspecified atom stereocenters. The highest BCUT2D eigenvalue weighted by Crippen LogP contribution is 2.21. The van der Waals surface area contributed by atoms with Gasteiger partial charge in [0.25, 0.3) is 0 Å². The molecule has 0 radical (unpaired) electrons.